The third-order valence-electron chi connectivity index (χ3n) is 5.27. The summed E-state index contributed by atoms with van der Waals surface area (Å²) >= 11 is 0. The Hall–Kier alpha value is -3.39. The average Bonchev–Trinajstić information content (AvgIpc) is 3.09. The zero-order chi connectivity index (χ0) is 22.2. The quantitative estimate of drug-likeness (QED) is 0.213. The molecule has 0 bridgehead atoms. The number of pyridine rings is 1. The molecular formula is C23H31N7O. The predicted molar refractivity (Wildman–Crippen MR) is 124 cm³/mol. The van der Waals surface area contributed by atoms with Crippen molar-refractivity contribution in [1.29, 1.82) is 0 Å². The fourth-order valence-electron chi connectivity index (χ4n) is 3.67. The van der Waals surface area contributed by atoms with Crippen LogP contribution in [-0.2, 0) is 19.5 Å². The summed E-state index contributed by atoms with van der Waals surface area (Å²) in [6.45, 7) is 5.48. The van der Waals surface area contributed by atoms with Crippen molar-refractivity contribution in [3.63, 3.8) is 0 Å². The number of nitrogens with zero attached hydrogens (tertiary/aromatic N) is 4. The molecule has 3 aromatic rings. The molecule has 31 heavy (non-hydrogen) atoms. The molecule has 0 unspecified atom stereocenters. The van der Waals surface area contributed by atoms with E-state index in [9.17, 15) is 4.79 Å². The molecule has 0 aliphatic rings. The van der Waals surface area contributed by atoms with Crippen molar-refractivity contribution in [3.8, 4) is 11.3 Å². The first kappa shape index (κ1) is 22.3. The van der Waals surface area contributed by atoms with Gasteiger partial charge in [0.15, 0.2) is 5.84 Å². The van der Waals surface area contributed by atoms with E-state index in [2.05, 4.69) is 29.4 Å². The van der Waals surface area contributed by atoms with Gasteiger partial charge >= 0.3 is 5.69 Å². The van der Waals surface area contributed by atoms with Gasteiger partial charge in [0.1, 0.15) is 0 Å². The molecule has 0 aliphatic carbocycles. The van der Waals surface area contributed by atoms with Crippen molar-refractivity contribution in [2.75, 3.05) is 0 Å². The van der Waals surface area contributed by atoms with Crippen LogP contribution >= 0.6 is 0 Å². The molecule has 0 spiro atoms. The number of nitrogens with two attached hydrogens (primary N) is 2. The van der Waals surface area contributed by atoms with Crippen LogP contribution in [0.5, 0.6) is 0 Å². The predicted octanol–water partition coefficient (Wildman–Crippen LogP) is 2.60. The molecule has 1 aromatic carbocycles. The standard InChI is InChI=1S/C23H31N7O/c1-3-5-8-18-16-29(13-4-2)23(31)30(18)15-17-11-12-21(26-14-17)19-9-6-7-10-20(19)22(27-24)28-25/h6-7,9-12,14,16H,3-5,8,13,15,24-25H2,1-2H3,(H,27,28). The van der Waals surface area contributed by atoms with Crippen molar-refractivity contribution < 1.29 is 0 Å². The maximum atomic E-state index is 12.9. The van der Waals surface area contributed by atoms with Gasteiger partial charge in [-0.15, -0.1) is 0 Å². The number of amidine groups is 1. The van der Waals surface area contributed by atoms with Crippen LogP contribution in [0.25, 0.3) is 11.3 Å². The van der Waals surface area contributed by atoms with E-state index < -0.39 is 0 Å². The summed E-state index contributed by atoms with van der Waals surface area (Å²) in [6, 6.07) is 11.6. The Labute approximate surface area is 182 Å². The molecule has 8 heteroatoms. The van der Waals surface area contributed by atoms with Gasteiger partial charge in [0.25, 0.3) is 0 Å². The Morgan fingerprint density at radius 2 is 1.97 bits per heavy atom. The van der Waals surface area contributed by atoms with Crippen LogP contribution in [0, 0.1) is 0 Å². The molecule has 0 fully saturated rings. The van der Waals surface area contributed by atoms with Gasteiger partial charge in [0.05, 0.1) is 12.2 Å². The van der Waals surface area contributed by atoms with E-state index >= 15 is 0 Å². The fraction of sp³-hybridized carbons (Fsp3) is 0.348. The summed E-state index contributed by atoms with van der Waals surface area (Å²) in [4.78, 5) is 17.5. The van der Waals surface area contributed by atoms with E-state index in [-0.39, 0.29) is 5.69 Å². The zero-order valence-electron chi connectivity index (χ0n) is 18.2. The summed E-state index contributed by atoms with van der Waals surface area (Å²) in [5.41, 5.74) is 7.02. The minimum atomic E-state index is 0.0418. The van der Waals surface area contributed by atoms with Crippen molar-refractivity contribution in [2.45, 2.75) is 52.6 Å². The zero-order valence-corrected chi connectivity index (χ0v) is 18.2. The molecular weight excluding hydrogens is 390 g/mol. The topological polar surface area (TPSA) is 116 Å². The van der Waals surface area contributed by atoms with Crippen molar-refractivity contribution in [1.82, 2.24) is 19.5 Å². The summed E-state index contributed by atoms with van der Waals surface area (Å²) < 4.78 is 3.68. The Kier molecular flexibility index (Phi) is 7.61. The molecule has 8 nitrogen and oxygen atoms in total. The summed E-state index contributed by atoms with van der Waals surface area (Å²) in [5.74, 6) is 11.4. The van der Waals surface area contributed by atoms with Gasteiger partial charge in [-0.2, -0.15) is 5.10 Å². The Balaban J connectivity index is 1.90. The summed E-state index contributed by atoms with van der Waals surface area (Å²) in [6.07, 6.45) is 7.80. The first-order valence-electron chi connectivity index (χ1n) is 10.7. The van der Waals surface area contributed by atoms with E-state index in [0.717, 1.165) is 60.3 Å². The largest absolute Gasteiger partial charge is 0.328 e. The van der Waals surface area contributed by atoms with Gasteiger partial charge in [-0.05, 0) is 30.9 Å². The lowest BCUT2D eigenvalue weighted by atomic mass is 10.0. The maximum Gasteiger partial charge on any atom is 0.328 e. The highest BCUT2D eigenvalue weighted by molar-refractivity contribution is 6.03. The maximum absolute atomic E-state index is 12.9. The second-order valence-electron chi connectivity index (χ2n) is 7.51. The van der Waals surface area contributed by atoms with E-state index in [1.54, 1.807) is 0 Å². The van der Waals surface area contributed by atoms with Crippen LogP contribution in [0.2, 0.25) is 0 Å². The minimum absolute atomic E-state index is 0.0418. The number of rotatable bonds is 9. The third kappa shape index (κ3) is 5.03. The molecule has 0 radical (unpaired) electrons. The Morgan fingerprint density at radius 3 is 2.61 bits per heavy atom. The molecule has 2 heterocycles. The third-order valence-corrected chi connectivity index (χ3v) is 5.27. The van der Waals surface area contributed by atoms with Crippen LogP contribution in [0.15, 0.2) is 58.7 Å². The number of aryl methyl sites for hydroxylation is 2. The summed E-state index contributed by atoms with van der Waals surface area (Å²) in [7, 11) is 0. The first-order valence-corrected chi connectivity index (χ1v) is 10.7. The van der Waals surface area contributed by atoms with E-state index in [1.807, 2.05) is 57.9 Å². The molecule has 3 rings (SSSR count). The molecule has 0 amide bonds. The Morgan fingerprint density at radius 1 is 1.16 bits per heavy atom. The van der Waals surface area contributed by atoms with Gasteiger partial charge < -0.3 is 11.3 Å². The smallest absolute Gasteiger partial charge is 0.321 e. The second kappa shape index (κ2) is 10.6. The lowest BCUT2D eigenvalue weighted by Gasteiger charge is -2.11. The highest BCUT2D eigenvalue weighted by Crippen LogP contribution is 2.22. The van der Waals surface area contributed by atoms with Gasteiger partial charge in [-0.1, -0.05) is 50.6 Å². The van der Waals surface area contributed by atoms with Crippen LogP contribution in [-0.4, -0.2) is 20.0 Å². The number of hydrogen-bond acceptors (Lipinski definition) is 5. The number of unbranched alkanes of at least 4 members (excludes halogenated alkanes) is 1. The lowest BCUT2D eigenvalue weighted by molar-refractivity contribution is 0.617. The Bertz CT molecular complexity index is 1080. The molecule has 2 aromatic heterocycles. The molecule has 0 aliphatic heterocycles. The average molecular weight is 422 g/mol. The number of hydrogen-bond donors (Lipinski definition) is 3. The van der Waals surface area contributed by atoms with E-state index in [0.29, 0.717) is 12.4 Å². The van der Waals surface area contributed by atoms with Gasteiger partial charge in [0.2, 0.25) is 0 Å². The molecule has 0 atom stereocenters. The highest BCUT2D eigenvalue weighted by Gasteiger charge is 2.13. The van der Waals surface area contributed by atoms with Gasteiger partial charge in [0, 0.05) is 35.8 Å². The van der Waals surface area contributed by atoms with Crippen molar-refractivity contribution in [3.05, 3.63) is 76.1 Å². The van der Waals surface area contributed by atoms with Crippen LogP contribution < -0.4 is 22.8 Å². The number of imidazole rings is 1. The minimum Gasteiger partial charge on any atom is -0.321 e. The molecule has 5 N–H and O–H groups in total. The van der Waals surface area contributed by atoms with Gasteiger partial charge in [-0.3, -0.25) is 14.1 Å². The fourth-order valence-corrected chi connectivity index (χ4v) is 3.67. The molecule has 0 saturated heterocycles. The van der Waals surface area contributed by atoms with Crippen LogP contribution in [0.1, 0.15) is 49.9 Å². The molecule has 0 saturated carbocycles. The van der Waals surface area contributed by atoms with Crippen molar-refractivity contribution >= 4 is 5.84 Å². The number of hydrazine groups is 1. The number of nitrogens with one attached hydrogen (secondary N) is 1. The number of hydrazone groups is 1. The normalized spacial score (nSPS) is 11.6. The SMILES string of the molecule is CCCCc1cn(CCC)c(=O)n1Cc1ccc(-c2ccccc2/C(=N/N)NN)nc1. The second-order valence-corrected chi connectivity index (χ2v) is 7.51. The van der Waals surface area contributed by atoms with Crippen molar-refractivity contribution in [2.24, 2.45) is 16.8 Å². The highest BCUT2D eigenvalue weighted by atomic mass is 16.1. The summed E-state index contributed by atoms with van der Waals surface area (Å²) in [5, 5.41) is 3.71. The van der Waals surface area contributed by atoms with E-state index in [1.165, 1.54) is 0 Å². The van der Waals surface area contributed by atoms with Crippen LogP contribution in [0.4, 0.5) is 0 Å². The van der Waals surface area contributed by atoms with Crippen LogP contribution in [0.3, 0.4) is 0 Å². The monoisotopic (exact) mass is 421 g/mol. The number of benzene rings is 1. The first-order chi connectivity index (χ1) is 15.1. The van der Waals surface area contributed by atoms with E-state index in [4.69, 9.17) is 11.7 Å². The lowest BCUT2D eigenvalue weighted by Crippen LogP contribution is -2.32. The number of aromatic nitrogens is 3. The molecule has 164 valence electrons. The van der Waals surface area contributed by atoms with Gasteiger partial charge in [-0.25, -0.2) is 10.6 Å².